The Morgan fingerprint density at radius 1 is 1.20 bits per heavy atom. The molecule has 0 aromatic carbocycles. The van der Waals surface area contributed by atoms with Crippen LogP contribution in [0.4, 0.5) is 0 Å². The molecule has 0 heterocycles. The van der Waals surface area contributed by atoms with Gasteiger partial charge in [0.25, 0.3) is 0 Å². The summed E-state index contributed by atoms with van der Waals surface area (Å²) in [6, 6.07) is 0. The first-order chi connectivity index (χ1) is 7.10. The van der Waals surface area contributed by atoms with Crippen molar-refractivity contribution in [1.29, 1.82) is 0 Å². The standard InChI is InChI=1S/C11H26NO3/c1-4-12(5-2,6-8-13)7-9-15-10-11(3)14/h11,13-14H,4-10H2,1-3H3/q+1. The molecule has 0 bridgehead atoms. The highest BCUT2D eigenvalue weighted by molar-refractivity contribution is 4.44. The quantitative estimate of drug-likeness (QED) is 0.432. The maximum atomic E-state index is 9.03. The van der Waals surface area contributed by atoms with Crippen LogP contribution in [0.1, 0.15) is 20.8 Å². The van der Waals surface area contributed by atoms with Gasteiger partial charge in [0.2, 0.25) is 0 Å². The summed E-state index contributed by atoms with van der Waals surface area (Å²) in [6.07, 6.45) is -0.395. The van der Waals surface area contributed by atoms with Gasteiger partial charge in [0.15, 0.2) is 0 Å². The van der Waals surface area contributed by atoms with Gasteiger partial charge >= 0.3 is 0 Å². The summed E-state index contributed by atoms with van der Waals surface area (Å²) >= 11 is 0. The first-order valence-electron chi connectivity index (χ1n) is 5.82. The molecule has 0 radical (unpaired) electrons. The van der Waals surface area contributed by atoms with Crippen LogP contribution in [-0.4, -0.2) is 66.8 Å². The molecule has 0 aromatic heterocycles. The molecular weight excluding hydrogens is 194 g/mol. The molecule has 0 aliphatic heterocycles. The number of rotatable bonds is 9. The van der Waals surface area contributed by atoms with Crippen molar-refractivity contribution in [2.75, 3.05) is 46.0 Å². The van der Waals surface area contributed by atoms with E-state index in [1.807, 2.05) is 0 Å². The summed E-state index contributed by atoms with van der Waals surface area (Å²) in [5.41, 5.74) is 0. The Kier molecular flexibility index (Phi) is 7.96. The van der Waals surface area contributed by atoms with Crippen LogP contribution in [0.5, 0.6) is 0 Å². The smallest absolute Gasteiger partial charge is 0.102 e. The lowest BCUT2D eigenvalue weighted by molar-refractivity contribution is -0.925. The number of likely N-dealkylation sites (N-methyl/N-ethyl adjacent to an activating group) is 1. The number of aliphatic hydroxyl groups excluding tert-OH is 2. The zero-order valence-electron chi connectivity index (χ0n) is 10.3. The Morgan fingerprint density at radius 3 is 2.20 bits per heavy atom. The van der Waals surface area contributed by atoms with Gasteiger partial charge in [0.05, 0.1) is 39.0 Å². The third kappa shape index (κ3) is 6.10. The highest BCUT2D eigenvalue weighted by Crippen LogP contribution is 2.05. The molecule has 0 fully saturated rings. The summed E-state index contributed by atoms with van der Waals surface area (Å²) in [5.74, 6) is 0. The average Bonchev–Trinajstić information content (AvgIpc) is 2.22. The normalized spacial score (nSPS) is 14.2. The SMILES string of the molecule is CC[N+](CC)(CCO)CCOCC(C)O. The van der Waals surface area contributed by atoms with Crippen molar-refractivity contribution >= 4 is 0 Å². The van der Waals surface area contributed by atoms with Gasteiger partial charge in [-0.25, -0.2) is 0 Å². The van der Waals surface area contributed by atoms with Crippen molar-refractivity contribution in [3.05, 3.63) is 0 Å². The van der Waals surface area contributed by atoms with E-state index in [9.17, 15) is 0 Å². The highest BCUT2D eigenvalue weighted by Gasteiger charge is 2.21. The van der Waals surface area contributed by atoms with Crippen LogP contribution in [0.25, 0.3) is 0 Å². The third-order valence-electron chi connectivity index (χ3n) is 2.99. The first-order valence-corrected chi connectivity index (χ1v) is 5.82. The van der Waals surface area contributed by atoms with E-state index in [-0.39, 0.29) is 6.61 Å². The molecule has 0 rings (SSSR count). The zero-order valence-corrected chi connectivity index (χ0v) is 10.3. The van der Waals surface area contributed by atoms with E-state index in [1.165, 1.54) is 0 Å². The molecule has 2 N–H and O–H groups in total. The van der Waals surface area contributed by atoms with Crippen LogP contribution in [0.3, 0.4) is 0 Å². The molecule has 92 valence electrons. The van der Waals surface area contributed by atoms with E-state index in [1.54, 1.807) is 6.92 Å². The minimum Gasteiger partial charge on any atom is -0.391 e. The summed E-state index contributed by atoms with van der Waals surface area (Å²) in [7, 11) is 0. The minimum absolute atomic E-state index is 0.220. The summed E-state index contributed by atoms with van der Waals surface area (Å²) in [6.45, 7) is 10.9. The fourth-order valence-corrected chi connectivity index (χ4v) is 1.69. The Bertz CT molecular complexity index is 147. The lowest BCUT2D eigenvalue weighted by atomic mass is 10.3. The molecule has 0 aromatic rings. The van der Waals surface area contributed by atoms with E-state index in [4.69, 9.17) is 14.9 Å². The number of aliphatic hydroxyl groups is 2. The van der Waals surface area contributed by atoms with Crippen molar-refractivity contribution in [3.63, 3.8) is 0 Å². The zero-order chi connectivity index (χ0) is 11.7. The number of ether oxygens (including phenoxy) is 1. The second-order valence-corrected chi connectivity index (χ2v) is 4.07. The maximum absolute atomic E-state index is 9.03. The molecule has 0 aliphatic rings. The van der Waals surface area contributed by atoms with Crippen LogP contribution < -0.4 is 0 Å². The Balaban J connectivity index is 3.84. The van der Waals surface area contributed by atoms with Crippen LogP contribution in [0.15, 0.2) is 0 Å². The topological polar surface area (TPSA) is 49.7 Å². The molecule has 0 saturated carbocycles. The van der Waals surface area contributed by atoms with E-state index in [2.05, 4.69) is 13.8 Å². The van der Waals surface area contributed by atoms with Crippen molar-refractivity contribution in [1.82, 2.24) is 0 Å². The van der Waals surface area contributed by atoms with Gasteiger partial charge in [0.1, 0.15) is 13.1 Å². The van der Waals surface area contributed by atoms with E-state index < -0.39 is 6.10 Å². The number of quaternary nitrogens is 1. The minimum atomic E-state index is -0.395. The molecule has 1 unspecified atom stereocenters. The van der Waals surface area contributed by atoms with Gasteiger partial charge in [-0.3, -0.25) is 0 Å². The number of hydrogen-bond donors (Lipinski definition) is 2. The van der Waals surface area contributed by atoms with Crippen LogP contribution in [0, 0.1) is 0 Å². The average molecular weight is 220 g/mol. The number of nitrogens with zero attached hydrogens (tertiary/aromatic N) is 1. The second-order valence-electron chi connectivity index (χ2n) is 4.07. The fourth-order valence-electron chi connectivity index (χ4n) is 1.69. The largest absolute Gasteiger partial charge is 0.391 e. The molecule has 4 nitrogen and oxygen atoms in total. The molecular formula is C11H26NO3+. The van der Waals surface area contributed by atoms with Gasteiger partial charge in [-0.1, -0.05) is 0 Å². The van der Waals surface area contributed by atoms with Crippen LogP contribution in [-0.2, 0) is 4.74 Å². The fraction of sp³-hybridized carbons (Fsp3) is 1.00. The molecule has 15 heavy (non-hydrogen) atoms. The third-order valence-corrected chi connectivity index (χ3v) is 2.99. The molecule has 0 spiro atoms. The van der Waals surface area contributed by atoms with Gasteiger partial charge in [0, 0.05) is 0 Å². The van der Waals surface area contributed by atoms with Gasteiger partial charge in [-0.2, -0.15) is 0 Å². The van der Waals surface area contributed by atoms with E-state index in [0.29, 0.717) is 13.2 Å². The van der Waals surface area contributed by atoms with Gasteiger partial charge in [-0.15, -0.1) is 0 Å². The molecule has 1 atom stereocenters. The predicted molar refractivity (Wildman–Crippen MR) is 60.7 cm³/mol. The molecule has 0 aliphatic carbocycles. The van der Waals surface area contributed by atoms with Crippen molar-refractivity contribution < 1.29 is 19.4 Å². The Labute approximate surface area is 93.1 Å². The van der Waals surface area contributed by atoms with Crippen molar-refractivity contribution in [2.45, 2.75) is 26.9 Å². The van der Waals surface area contributed by atoms with E-state index >= 15 is 0 Å². The highest BCUT2D eigenvalue weighted by atomic mass is 16.5. The summed E-state index contributed by atoms with van der Waals surface area (Å²) in [4.78, 5) is 0. The monoisotopic (exact) mass is 220 g/mol. The first kappa shape index (κ1) is 14.8. The molecule has 4 heteroatoms. The molecule has 0 amide bonds. The van der Waals surface area contributed by atoms with E-state index in [0.717, 1.165) is 30.7 Å². The Hall–Kier alpha value is -0.160. The Morgan fingerprint density at radius 2 is 1.80 bits per heavy atom. The van der Waals surface area contributed by atoms with Crippen molar-refractivity contribution in [3.8, 4) is 0 Å². The second kappa shape index (κ2) is 8.05. The number of hydrogen-bond acceptors (Lipinski definition) is 3. The van der Waals surface area contributed by atoms with Crippen LogP contribution >= 0.6 is 0 Å². The van der Waals surface area contributed by atoms with Gasteiger partial charge in [-0.05, 0) is 20.8 Å². The lowest BCUT2D eigenvalue weighted by Crippen LogP contribution is -2.51. The lowest BCUT2D eigenvalue weighted by Gasteiger charge is -2.36. The van der Waals surface area contributed by atoms with Gasteiger partial charge < -0.3 is 19.4 Å². The summed E-state index contributed by atoms with van der Waals surface area (Å²) in [5, 5.41) is 18.0. The molecule has 0 saturated heterocycles. The maximum Gasteiger partial charge on any atom is 0.102 e. The van der Waals surface area contributed by atoms with Crippen molar-refractivity contribution in [2.24, 2.45) is 0 Å². The summed E-state index contributed by atoms with van der Waals surface area (Å²) < 4.78 is 6.24. The van der Waals surface area contributed by atoms with Crippen LogP contribution in [0.2, 0.25) is 0 Å². The predicted octanol–water partition coefficient (Wildman–Crippen LogP) is 0.233.